The van der Waals surface area contributed by atoms with E-state index in [1.807, 2.05) is 42.6 Å². The highest BCUT2D eigenvalue weighted by molar-refractivity contribution is 7.09. The van der Waals surface area contributed by atoms with Gasteiger partial charge in [-0.1, -0.05) is 18.2 Å². The number of thiophene rings is 1. The fourth-order valence-electron chi connectivity index (χ4n) is 1.97. The maximum absolute atomic E-state index is 11.5. The Morgan fingerprint density at radius 2 is 2.17 bits per heavy atom. The van der Waals surface area contributed by atoms with Crippen LogP contribution in [-0.4, -0.2) is 13.4 Å². The van der Waals surface area contributed by atoms with Crippen molar-refractivity contribution in [2.24, 2.45) is 0 Å². The van der Waals surface area contributed by atoms with Crippen LogP contribution in [0.3, 0.4) is 0 Å². The van der Waals surface area contributed by atoms with E-state index in [1.165, 1.54) is 4.88 Å². The van der Waals surface area contributed by atoms with Gasteiger partial charge in [-0.3, -0.25) is 0 Å². The SMILES string of the molecule is COc1cccc(C(C)(C=O)Cc2cccs2)c1. The highest BCUT2D eigenvalue weighted by atomic mass is 32.1. The Kier molecular flexibility index (Phi) is 3.82. The fraction of sp³-hybridized carbons (Fsp3) is 0.267. The molecule has 1 aromatic carbocycles. The number of hydrogen-bond donors (Lipinski definition) is 0. The third-order valence-electron chi connectivity index (χ3n) is 3.11. The Morgan fingerprint density at radius 1 is 1.33 bits per heavy atom. The molecule has 0 amide bonds. The van der Waals surface area contributed by atoms with E-state index in [1.54, 1.807) is 18.4 Å². The number of rotatable bonds is 5. The summed E-state index contributed by atoms with van der Waals surface area (Å²) in [5.41, 5.74) is 0.490. The lowest BCUT2D eigenvalue weighted by Gasteiger charge is -2.23. The number of benzene rings is 1. The van der Waals surface area contributed by atoms with Crippen molar-refractivity contribution in [3.05, 3.63) is 52.2 Å². The van der Waals surface area contributed by atoms with Crippen LogP contribution in [0, 0.1) is 0 Å². The van der Waals surface area contributed by atoms with E-state index in [0.717, 1.165) is 24.0 Å². The number of hydrogen-bond acceptors (Lipinski definition) is 3. The van der Waals surface area contributed by atoms with Crippen molar-refractivity contribution in [1.82, 2.24) is 0 Å². The molecular weight excluding hydrogens is 244 g/mol. The van der Waals surface area contributed by atoms with Crippen molar-refractivity contribution in [2.45, 2.75) is 18.8 Å². The average molecular weight is 260 g/mol. The van der Waals surface area contributed by atoms with Gasteiger partial charge in [0.25, 0.3) is 0 Å². The molecule has 0 radical (unpaired) electrons. The van der Waals surface area contributed by atoms with Crippen LogP contribution in [-0.2, 0) is 16.6 Å². The van der Waals surface area contributed by atoms with E-state index in [-0.39, 0.29) is 0 Å². The molecule has 18 heavy (non-hydrogen) atoms. The van der Waals surface area contributed by atoms with Gasteiger partial charge in [-0.15, -0.1) is 11.3 Å². The van der Waals surface area contributed by atoms with Gasteiger partial charge in [-0.05, 0) is 42.5 Å². The topological polar surface area (TPSA) is 26.3 Å². The Bertz CT molecular complexity index is 519. The zero-order valence-corrected chi connectivity index (χ0v) is 11.4. The monoisotopic (exact) mass is 260 g/mol. The molecule has 2 nitrogen and oxygen atoms in total. The van der Waals surface area contributed by atoms with E-state index in [4.69, 9.17) is 4.74 Å². The molecule has 0 saturated carbocycles. The first kappa shape index (κ1) is 12.8. The molecule has 1 atom stereocenters. The smallest absolute Gasteiger partial charge is 0.130 e. The summed E-state index contributed by atoms with van der Waals surface area (Å²) in [6, 6.07) is 11.8. The standard InChI is InChI=1S/C15H16O2S/c1-15(11-16,10-14-7-4-8-18-14)12-5-3-6-13(9-12)17-2/h3-9,11H,10H2,1-2H3. The zero-order valence-electron chi connectivity index (χ0n) is 10.6. The van der Waals surface area contributed by atoms with Gasteiger partial charge in [-0.2, -0.15) is 0 Å². The van der Waals surface area contributed by atoms with Crippen molar-refractivity contribution in [1.29, 1.82) is 0 Å². The second kappa shape index (κ2) is 5.36. The summed E-state index contributed by atoms with van der Waals surface area (Å²) < 4.78 is 5.22. The Balaban J connectivity index is 2.33. The van der Waals surface area contributed by atoms with Crippen molar-refractivity contribution in [3.63, 3.8) is 0 Å². The van der Waals surface area contributed by atoms with E-state index in [2.05, 4.69) is 6.07 Å². The molecule has 0 fully saturated rings. The summed E-state index contributed by atoms with van der Waals surface area (Å²) in [4.78, 5) is 12.7. The minimum atomic E-state index is -0.501. The lowest BCUT2D eigenvalue weighted by atomic mass is 9.80. The molecule has 0 saturated heterocycles. The van der Waals surface area contributed by atoms with Crippen LogP contribution in [0.5, 0.6) is 5.75 Å². The molecule has 0 aliphatic heterocycles. The van der Waals surface area contributed by atoms with Crippen molar-refractivity contribution >= 4 is 17.6 Å². The Labute approximate surface area is 111 Å². The van der Waals surface area contributed by atoms with Gasteiger partial charge in [0, 0.05) is 4.88 Å². The minimum absolute atomic E-state index is 0.501. The molecule has 1 aromatic heterocycles. The molecule has 94 valence electrons. The summed E-state index contributed by atoms with van der Waals surface area (Å²) >= 11 is 1.68. The molecule has 0 aliphatic carbocycles. The first-order chi connectivity index (χ1) is 8.68. The van der Waals surface area contributed by atoms with Crippen LogP contribution in [0.25, 0.3) is 0 Å². The summed E-state index contributed by atoms with van der Waals surface area (Å²) in [5.74, 6) is 0.784. The van der Waals surface area contributed by atoms with Crippen molar-refractivity contribution < 1.29 is 9.53 Å². The van der Waals surface area contributed by atoms with E-state index < -0.39 is 5.41 Å². The molecule has 1 heterocycles. The van der Waals surface area contributed by atoms with E-state index >= 15 is 0 Å². The predicted octanol–water partition coefficient (Wildman–Crippen LogP) is 3.46. The summed E-state index contributed by atoms with van der Waals surface area (Å²) in [6.07, 6.45) is 1.75. The van der Waals surface area contributed by atoms with Gasteiger partial charge < -0.3 is 9.53 Å². The number of carbonyl (C=O) groups excluding carboxylic acids is 1. The molecule has 1 unspecified atom stereocenters. The maximum Gasteiger partial charge on any atom is 0.130 e. The Morgan fingerprint density at radius 3 is 2.78 bits per heavy atom. The quantitative estimate of drug-likeness (QED) is 0.770. The first-order valence-corrected chi connectivity index (χ1v) is 6.69. The highest BCUT2D eigenvalue weighted by Crippen LogP contribution is 2.30. The Hall–Kier alpha value is -1.61. The largest absolute Gasteiger partial charge is 0.497 e. The average Bonchev–Trinajstić information content (AvgIpc) is 2.91. The van der Waals surface area contributed by atoms with Gasteiger partial charge in [0.1, 0.15) is 12.0 Å². The van der Waals surface area contributed by atoms with Crippen molar-refractivity contribution in [2.75, 3.05) is 7.11 Å². The zero-order chi connectivity index (χ0) is 13.0. The molecule has 0 bridgehead atoms. The van der Waals surface area contributed by atoms with Gasteiger partial charge >= 0.3 is 0 Å². The molecule has 0 N–H and O–H groups in total. The second-order valence-corrected chi connectivity index (χ2v) is 5.56. The van der Waals surface area contributed by atoms with Crippen LogP contribution < -0.4 is 4.74 Å². The van der Waals surface area contributed by atoms with Gasteiger partial charge in [0.2, 0.25) is 0 Å². The van der Waals surface area contributed by atoms with E-state index in [9.17, 15) is 4.79 Å². The number of methoxy groups -OCH3 is 1. The minimum Gasteiger partial charge on any atom is -0.497 e. The third kappa shape index (κ3) is 2.62. The van der Waals surface area contributed by atoms with Gasteiger partial charge in [-0.25, -0.2) is 0 Å². The first-order valence-electron chi connectivity index (χ1n) is 5.81. The number of aldehydes is 1. The van der Waals surface area contributed by atoms with Crippen LogP contribution in [0.15, 0.2) is 41.8 Å². The molecule has 2 aromatic rings. The van der Waals surface area contributed by atoms with Gasteiger partial charge in [0.05, 0.1) is 12.5 Å². The van der Waals surface area contributed by atoms with Crippen LogP contribution in [0.1, 0.15) is 17.4 Å². The second-order valence-electron chi connectivity index (χ2n) is 4.52. The maximum atomic E-state index is 11.5. The molecule has 0 aliphatic rings. The summed E-state index contributed by atoms with van der Waals surface area (Å²) in [5, 5.41) is 2.03. The number of ether oxygens (including phenoxy) is 1. The lowest BCUT2D eigenvalue weighted by Crippen LogP contribution is -2.26. The van der Waals surface area contributed by atoms with Gasteiger partial charge in [0.15, 0.2) is 0 Å². The fourth-order valence-corrected chi connectivity index (χ4v) is 2.84. The molecule has 3 heteroatoms. The van der Waals surface area contributed by atoms with Crippen LogP contribution >= 0.6 is 11.3 Å². The summed E-state index contributed by atoms with van der Waals surface area (Å²) in [6.45, 7) is 1.97. The lowest BCUT2D eigenvalue weighted by molar-refractivity contribution is -0.112. The number of carbonyl (C=O) groups is 1. The predicted molar refractivity (Wildman–Crippen MR) is 74.4 cm³/mol. The summed E-state index contributed by atoms with van der Waals surface area (Å²) in [7, 11) is 1.64. The molecule has 0 spiro atoms. The third-order valence-corrected chi connectivity index (χ3v) is 3.99. The van der Waals surface area contributed by atoms with Crippen LogP contribution in [0.2, 0.25) is 0 Å². The highest BCUT2D eigenvalue weighted by Gasteiger charge is 2.27. The van der Waals surface area contributed by atoms with E-state index in [0.29, 0.717) is 0 Å². The molecular formula is C15H16O2S. The molecule has 2 rings (SSSR count). The normalized spacial score (nSPS) is 13.9. The van der Waals surface area contributed by atoms with Crippen molar-refractivity contribution in [3.8, 4) is 5.75 Å². The van der Waals surface area contributed by atoms with Crippen LogP contribution in [0.4, 0.5) is 0 Å².